The lowest BCUT2D eigenvalue weighted by molar-refractivity contribution is -0.115. The van der Waals surface area contributed by atoms with E-state index in [9.17, 15) is 4.79 Å². The lowest BCUT2D eigenvalue weighted by Gasteiger charge is -2.18. The molecule has 2 aromatic carbocycles. The fourth-order valence-corrected chi connectivity index (χ4v) is 3.69. The van der Waals surface area contributed by atoms with Gasteiger partial charge in [-0.2, -0.15) is 0 Å². The predicted molar refractivity (Wildman–Crippen MR) is 117 cm³/mol. The highest BCUT2D eigenvalue weighted by Gasteiger charge is 2.21. The summed E-state index contributed by atoms with van der Waals surface area (Å²) in [5, 5.41) is 11.2. The molecule has 0 spiro atoms. The second-order valence-corrected chi connectivity index (χ2v) is 9.03. The number of halogens is 1. The number of hydrogen-bond donors (Lipinski definition) is 1. The van der Waals surface area contributed by atoms with E-state index in [1.807, 2.05) is 56.3 Å². The van der Waals surface area contributed by atoms with E-state index in [0.29, 0.717) is 17.0 Å². The Labute approximate surface area is 177 Å². The molecule has 0 saturated carbocycles. The van der Waals surface area contributed by atoms with Gasteiger partial charge in [-0.05, 0) is 55.2 Å². The minimum atomic E-state index is -0.377. The number of anilines is 1. The van der Waals surface area contributed by atoms with Crippen LogP contribution < -0.4 is 5.32 Å². The lowest BCUT2D eigenvalue weighted by atomic mass is 9.98. The molecule has 0 bridgehead atoms. The lowest BCUT2D eigenvalue weighted by Crippen LogP contribution is -2.23. The molecule has 1 atom stereocenters. The zero-order valence-corrected chi connectivity index (χ0v) is 18.6. The number of amides is 1. The van der Waals surface area contributed by atoms with Crippen molar-refractivity contribution in [2.45, 2.75) is 44.1 Å². The van der Waals surface area contributed by atoms with E-state index in [2.05, 4.69) is 45.3 Å². The van der Waals surface area contributed by atoms with Crippen LogP contribution in [-0.4, -0.2) is 21.4 Å². The topological polar surface area (TPSA) is 68.0 Å². The van der Waals surface area contributed by atoms with Gasteiger partial charge in [0.05, 0.1) is 5.25 Å². The number of rotatable bonds is 6. The third kappa shape index (κ3) is 4.83. The average Bonchev–Trinajstić information content (AvgIpc) is 3.12. The zero-order chi connectivity index (χ0) is 20.3. The van der Waals surface area contributed by atoms with Gasteiger partial charge in [-0.3, -0.25) is 4.79 Å². The summed E-state index contributed by atoms with van der Waals surface area (Å²) >= 11 is 4.65. The fraction of sp³-hybridized carbons (Fsp3) is 0.286. The van der Waals surface area contributed by atoms with Crippen LogP contribution in [0.2, 0.25) is 0 Å². The molecular weight excluding hydrogens is 438 g/mol. The molecule has 1 amide bonds. The molecule has 3 aromatic rings. The number of hydrogen-bond acceptors (Lipinski definition) is 5. The molecule has 0 aliphatic rings. The second kappa shape index (κ2) is 8.92. The van der Waals surface area contributed by atoms with Crippen molar-refractivity contribution in [2.24, 2.45) is 0 Å². The molecule has 0 fully saturated rings. The third-order valence-electron chi connectivity index (χ3n) is 4.32. The molecule has 1 aromatic heterocycles. The second-order valence-electron chi connectivity index (χ2n) is 6.82. The predicted octanol–water partition coefficient (Wildman–Crippen LogP) is 6.05. The first-order valence-corrected chi connectivity index (χ1v) is 10.7. The number of nitrogens with one attached hydrogen (secondary N) is 1. The number of carbonyl (C=O) groups is 1. The molecule has 0 aliphatic carbocycles. The highest BCUT2D eigenvalue weighted by atomic mass is 79.9. The normalized spacial score (nSPS) is 12.2. The number of benzene rings is 2. The van der Waals surface area contributed by atoms with Gasteiger partial charge >= 0.3 is 0 Å². The van der Waals surface area contributed by atoms with Crippen LogP contribution in [0.1, 0.15) is 37.8 Å². The Bertz CT molecular complexity index is 970. The summed E-state index contributed by atoms with van der Waals surface area (Å²) in [6, 6.07) is 13.7. The van der Waals surface area contributed by atoms with Gasteiger partial charge in [0, 0.05) is 15.7 Å². The Hall–Kier alpha value is -2.12. The number of para-hydroxylation sites is 1. The molecule has 28 heavy (non-hydrogen) atoms. The molecule has 5 nitrogen and oxygen atoms in total. The van der Waals surface area contributed by atoms with E-state index in [0.717, 1.165) is 26.9 Å². The van der Waals surface area contributed by atoms with Gasteiger partial charge in [-0.1, -0.05) is 59.7 Å². The fourth-order valence-electron chi connectivity index (χ4n) is 2.74. The van der Waals surface area contributed by atoms with Crippen molar-refractivity contribution < 1.29 is 9.21 Å². The van der Waals surface area contributed by atoms with E-state index in [4.69, 9.17) is 4.42 Å². The maximum atomic E-state index is 12.7. The molecule has 3 rings (SSSR count). The summed E-state index contributed by atoms with van der Waals surface area (Å²) in [6.45, 7) is 8.06. The van der Waals surface area contributed by atoms with Gasteiger partial charge in [0.25, 0.3) is 5.22 Å². The average molecular weight is 460 g/mol. The summed E-state index contributed by atoms with van der Waals surface area (Å²) in [6.07, 6.45) is 0. The third-order valence-corrected chi connectivity index (χ3v) is 5.78. The molecule has 0 aliphatic heterocycles. The summed E-state index contributed by atoms with van der Waals surface area (Å²) in [5.74, 6) is 0.663. The van der Waals surface area contributed by atoms with Crippen molar-refractivity contribution in [3.05, 3.63) is 58.1 Å². The van der Waals surface area contributed by atoms with Gasteiger partial charge in [-0.15, -0.1) is 10.2 Å². The van der Waals surface area contributed by atoms with Crippen LogP contribution in [0.15, 0.2) is 56.6 Å². The first kappa shape index (κ1) is 20.6. The molecule has 0 radical (unpaired) electrons. The minimum absolute atomic E-state index is 0.0930. The maximum absolute atomic E-state index is 12.7. The van der Waals surface area contributed by atoms with Gasteiger partial charge in [0.1, 0.15) is 0 Å². The molecule has 7 heteroatoms. The van der Waals surface area contributed by atoms with Crippen LogP contribution in [0.4, 0.5) is 5.69 Å². The van der Waals surface area contributed by atoms with Crippen LogP contribution in [-0.2, 0) is 4.79 Å². The van der Waals surface area contributed by atoms with Crippen LogP contribution in [0.5, 0.6) is 0 Å². The number of carbonyl (C=O) groups excluding carboxylic acids is 1. The summed E-state index contributed by atoms with van der Waals surface area (Å²) < 4.78 is 6.69. The highest BCUT2D eigenvalue weighted by molar-refractivity contribution is 9.10. The summed E-state index contributed by atoms with van der Waals surface area (Å²) in [4.78, 5) is 12.7. The molecule has 1 heterocycles. The number of thioether (sulfide) groups is 1. The van der Waals surface area contributed by atoms with Crippen molar-refractivity contribution in [3.63, 3.8) is 0 Å². The first-order chi connectivity index (χ1) is 13.3. The van der Waals surface area contributed by atoms with Crippen LogP contribution >= 0.6 is 27.7 Å². The number of aromatic nitrogens is 2. The maximum Gasteiger partial charge on any atom is 0.277 e. The Morgan fingerprint density at radius 3 is 2.50 bits per heavy atom. The Kier molecular flexibility index (Phi) is 6.57. The Balaban J connectivity index is 1.69. The van der Waals surface area contributed by atoms with Crippen LogP contribution in [0.3, 0.4) is 0 Å². The van der Waals surface area contributed by atoms with Crippen LogP contribution in [0, 0.1) is 6.92 Å². The van der Waals surface area contributed by atoms with E-state index < -0.39 is 0 Å². The standard InChI is InChI=1S/C21H22BrN3O2S/c1-12(2)17-7-5-6-13(3)18(17)23-19(26)14(4)28-21-25-24-20(27-21)15-8-10-16(22)11-9-15/h5-12,14H,1-4H3,(H,23,26). The smallest absolute Gasteiger partial charge is 0.277 e. The number of nitrogens with zero attached hydrogens (tertiary/aromatic N) is 2. The van der Waals surface area contributed by atoms with Crippen LogP contribution in [0.25, 0.3) is 11.5 Å². The Morgan fingerprint density at radius 2 is 1.82 bits per heavy atom. The highest BCUT2D eigenvalue weighted by Crippen LogP contribution is 2.30. The van der Waals surface area contributed by atoms with Crippen molar-refractivity contribution in [1.82, 2.24) is 10.2 Å². The monoisotopic (exact) mass is 459 g/mol. The molecular formula is C21H22BrN3O2S. The van der Waals surface area contributed by atoms with Gasteiger partial charge in [-0.25, -0.2) is 0 Å². The zero-order valence-electron chi connectivity index (χ0n) is 16.2. The summed E-state index contributed by atoms with van der Waals surface area (Å²) in [7, 11) is 0. The van der Waals surface area contributed by atoms with Crippen molar-refractivity contribution >= 4 is 39.3 Å². The molecule has 1 N–H and O–H groups in total. The van der Waals surface area contributed by atoms with Crippen molar-refractivity contribution in [3.8, 4) is 11.5 Å². The van der Waals surface area contributed by atoms with E-state index in [1.165, 1.54) is 11.8 Å². The minimum Gasteiger partial charge on any atom is -0.411 e. The van der Waals surface area contributed by atoms with E-state index in [-0.39, 0.29) is 11.2 Å². The number of aryl methyl sites for hydroxylation is 1. The first-order valence-electron chi connectivity index (χ1n) is 9.01. The largest absolute Gasteiger partial charge is 0.411 e. The van der Waals surface area contributed by atoms with E-state index in [1.54, 1.807) is 0 Å². The quantitative estimate of drug-likeness (QED) is 0.454. The molecule has 0 saturated heterocycles. The molecule has 1 unspecified atom stereocenters. The van der Waals surface area contributed by atoms with Crippen molar-refractivity contribution in [1.29, 1.82) is 0 Å². The van der Waals surface area contributed by atoms with Gasteiger partial charge in [0.15, 0.2) is 0 Å². The molecule has 146 valence electrons. The van der Waals surface area contributed by atoms with Gasteiger partial charge in [0.2, 0.25) is 11.8 Å². The van der Waals surface area contributed by atoms with E-state index >= 15 is 0 Å². The summed E-state index contributed by atoms with van der Waals surface area (Å²) in [5.41, 5.74) is 3.89. The Morgan fingerprint density at radius 1 is 1.11 bits per heavy atom. The van der Waals surface area contributed by atoms with Gasteiger partial charge < -0.3 is 9.73 Å². The SMILES string of the molecule is Cc1cccc(C(C)C)c1NC(=O)C(C)Sc1nnc(-c2ccc(Br)cc2)o1. The van der Waals surface area contributed by atoms with Crippen molar-refractivity contribution in [2.75, 3.05) is 5.32 Å².